The summed E-state index contributed by atoms with van der Waals surface area (Å²) < 4.78 is 38.6. The summed E-state index contributed by atoms with van der Waals surface area (Å²) in [5.41, 5.74) is 0. The molecule has 3 fully saturated rings. The molecule has 0 radical (unpaired) electrons. The summed E-state index contributed by atoms with van der Waals surface area (Å²) in [4.78, 5) is 25.0. The molecule has 2 saturated heterocycles. The van der Waals surface area contributed by atoms with E-state index in [1.165, 1.54) is 0 Å². The number of nitrogens with one attached hydrogen (secondary N) is 3. The monoisotopic (exact) mass is 306 g/mol. The number of amides is 3. The lowest BCUT2D eigenvalue weighted by Gasteiger charge is -2.52. The van der Waals surface area contributed by atoms with E-state index in [-0.39, 0.29) is 18.9 Å². The van der Waals surface area contributed by atoms with Gasteiger partial charge in [0.25, 0.3) is 0 Å². The molecule has 5 atom stereocenters. The van der Waals surface area contributed by atoms with Gasteiger partial charge in [0.15, 0.2) is 0 Å². The highest BCUT2D eigenvalue weighted by atomic mass is 19.4. The van der Waals surface area contributed by atoms with Gasteiger partial charge in [-0.2, -0.15) is 13.2 Å². The second-order valence-electron chi connectivity index (χ2n) is 5.94. The van der Waals surface area contributed by atoms with Crippen molar-refractivity contribution in [2.45, 2.75) is 49.7 Å². The van der Waals surface area contributed by atoms with E-state index in [9.17, 15) is 22.8 Å². The minimum Gasteiger partial charge on any atom is -0.320 e. The average Bonchev–Trinajstić information content (AvgIpc) is 2.39. The first-order chi connectivity index (χ1) is 9.77. The fourth-order valence-electron chi connectivity index (χ4n) is 3.65. The third-order valence-corrected chi connectivity index (χ3v) is 4.75. The largest absolute Gasteiger partial charge is 0.391 e. The first kappa shape index (κ1) is 14.6. The van der Waals surface area contributed by atoms with Gasteiger partial charge in [-0.05, 0) is 26.3 Å². The lowest BCUT2D eigenvalue weighted by atomic mass is 9.79. The number of imide groups is 1. The van der Waals surface area contributed by atoms with E-state index >= 15 is 0 Å². The van der Waals surface area contributed by atoms with Crippen molar-refractivity contribution in [3.05, 3.63) is 0 Å². The van der Waals surface area contributed by atoms with Crippen molar-refractivity contribution in [3.8, 4) is 0 Å². The molecule has 6 nitrogen and oxygen atoms in total. The summed E-state index contributed by atoms with van der Waals surface area (Å²) in [5, 5.41) is 7.77. The second-order valence-corrected chi connectivity index (χ2v) is 5.94. The van der Waals surface area contributed by atoms with Crippen LogP contribution in [0.5, 0.6) is 0 Å². The quantitative estimate of drug-likeness (QED) is 0.596. The maximum absolute atomic E-state index is 12.9. The summed E-state index contributed by atoms with van der Waals surface area (Å²) in [6.45, 7) is 0. The normalized spacial score (nSPS) is 40.9. The number of halogens is 3. The fraction of sp³-hybridized carbons (Fsp3) is 0.833. The van der Waals surface area contributed by atoms with E-state index in [0.29, 0.717) is 6.42 Å². The number of alkyl halides is 3. The van der Waals surface area contributed by atoms with E-state index in [1.54, 1.807) is 7.05 Å². The van der Waals surface area contributed by atoms with Gasteiger partial charge < -0.3 is 5.32 Å². The smallest absolute Gasteiger partial charge is 0.320 e. The number of urea groups is 1. The van der Waals surface area contributed by atoms with Crippen molar-refractivity contribution in [1.29, 1.82) is 0 Å². The summed E-state index contributed by atoms with van der Waals surface area (Å²) in [6, 6.07) is -1.81. The number of piperazine rings is 1. The van der Waals surface area contributed by atoms with Crippen LogP contribution in [-0.2, 0) is 4.79 Å². The van der Waals surface area contributed by atoms with Gasteiger partial charge in [-0.15, -0.1) is 0 Å². The summed E-state index contributed by atoms with van der Waals surface area (Å²) in [6.07, 6.45) is -4.30. The van der Waals surface area contributed by atoms with Gasteiger partial charge in [-0.1, -0.05) is 0 Å². The van der Waals surface area contributed by atoms with E-state index in [2.05, 4.69) is 16.0 Å². The minimum absolute atomic E-state index is 0.0387. The van der Waals surface area contributed by atoms with Gasteiger partial charge in [0.1, 0.15) is 12.2 Å². The Kier molecular flexibility index (Phi) is 3.36. The molecular weight excluding hydrogens is 289 g/mol. The van der Waals surface area contributed by atoms with Crippen LogP contribution < -0.4 is 16.0 Å². The van der Waals surface area contributed by atoms with E-state index in [1.807, 2.05) is 4.90 Å². The SMILES string of the molecule is CN1C2CCC(C(F)(F)F)CC2NC2C(=O)NC(=O)NC21. The lowest BCUT2D eigenvalue weighted by Crippen LogP contribution is -2.78. The van der Waals surface area contributed by atoms with Crippen LogP contribution in [-0.4, -0.2) is 54.4 Å². The zero-order valence-corrected chi connectivity index (χ0v) is 11.4. The molecule has 5 unspecified atom stereocenters. The van der Waals surface area contributed by atoms with Crippen LogP contribution in [0.2, 0.25) is 0 Å². The van der Waals surface area contributed by atoms with Crippen LogP contribution in [0.3, 0.4) is 0 Å². The van der Waals surface area contributed by atoms with Crippen molar-refractivity contribution in [3.63, 3.8) is 0 Å². The van der Waals surface area contributed by atoms with Gasteiger partial charge in [-0.25, -0.2) is 4.79 Å². The van der Waals surface area contributed by atoms with Gasteiger partial charge in [0.2, 0.25) is 5.91 Å². The van der Waals surface area contributed by atoms with Crippen LogP contribution in [0.1, 0.15) is 19.3 Å². The number of carbonyl (C=O) groups is 2. The number of hydrogen-bond acceptors (Lipinski definition) is 4. The predicted octanol–water partition coefficient (Wildman–Crippen LogP) is 0.155. The fourth-order valence-corrected chi connectivity index (χ4v) is 3.65. The molecule has 2 heterocycles. The van der Waals surface area contributed by atoms with Crippen LogP contribution in [0, 0.1) is 5.92 Å². The number of carbonyl (C=O) groups excluding carboxylic acids is 2. The molecule has 0 aromatic rings. The zero-order chi connectivity index (χ0) is 15.4. The standard InChI is InChI=1S/C12H17F3N4O2/c1-19-7-3-2-5(12(13,14)15)4-6(7)16-8-9(19)17-11(21)18-10(8)20/h5-9,16H,2-4H2,1H3,(H2,17,18,20,21). The van der Waals surface area contributed by atoms with Crippen molar-refractivity contribution in [2.24, 2.45) is 5.92 Å². The highest BCUT2D eigenvalue weighted by Gasteiger charge is 2.52. The third kappa shape index (κ3) is 2.48. The Morgan fingerprint density at radius 3 is 2.62 bits per heavy atom. The van der Waals surface area contributed by atoms with E-state index in [0.717, 1.165) is 0 Å². The number of fused-ring (bicyclic) bond motifs is 2. The molecule has 0 bridgehead atoms. The van der Waals surface area contributed by atoms with Crippen molar-refractivity contribution >= 4 is 11.9 Å². The molecule has 21 heavy (non-hydrogen) atoms. The van der Waals surface area contributed by atoms with Crippen molar-refractivity contribution in [2.75, 3.05) is 7.05 Å². The molecule has 3 rings (SSSR count). The molecule has 0 aromatic heterocycles. The van der Waals surface area contributed by atoms with Crippen LogP contribution in [0.25, 0.3) is 0 Å². The Hall–Kier alpha value is -1.35. The van der Waals surface area contributed by atoms with Gasteiger partial charge in [0.05, 0.1) is 5.92 Å². The lowest BCUT2D eigenvalue weighted by molar-refractivity contribution is -0.190. The summed E-state index contributed by atoms with van der Waals surface area (Å²) >= 11 is 0. The molecule has 1 aliphatic carbocycles. The van der Waals surface area contributed by atoms with Gasteiger partial charge in [-0.3, -0.25) is 20.3 Å². The Bertz CT molecular complexity index is 470. The number of hydrogen-bond donors (Lipinski definition) is 3. The Morgan fingerprint density at radius 1 is 1.24 bits per heavy atom. The van der Waals surface area contributed by atoms with Gasteiger partial charge >= 0.3 is 12.2 Å². The number of nitrogens with zero attached hydrogens (tertiary/aromatic N) is 1. The molecule has 0 spiro atoms. The minimum atomic E-state index is -4.20. The number of rotatable bonds is 0. The molecule has 118 valence electrons. The highest BCUT2D eigenvalue weighted by Crippen LogP contribution is 2.40. The molecule has 2 aliphatic heterocycles. The second kappa shape index (κ2) is 4.84. The maximum Gasteiger partial charge on any atom is 0.391 e. The van der Waals surface area contributed by atoms with Crippen LogP contribution in [0.4, 0.5) is 18.0 Å². The first-order valence-corrected chi connectivity index (χ1v) is 6.93. The molecule has 0 aromatic carbocycles. The van der Waals surface area contributed by atoms with Crippen molar-refractivity contribution in [1.82, 2.24) is 20.9 Å². The van der Waals surface area contributed by atoms with E-state index < -0.39 is 42.3 Å². The van der Waals surface area contributed by atoms with Gasteiger partial charge in [0, 0.05) is 12.1 Å². The molecule has 3 aliphatic rings. The van der Waals surface area contributed by atoms with Crippen LogP contribution in [0.15, 0.2) is 0 Å². The first-order valence-electron chi connectivity index (χ1n) is 6.93. The molecule has 1 saturated carbocycles. The molecular formula is C12H17F3N4O2. The third-order valence-electron chi connectivity index (χ3n) is 4.75. The zero-order valence-electron chi connectivity index (χ0n) is 11.4. The maximum atomic E-state index is 12.9. The Morgan fingerprint density at radius 2 is 1.95 bits per heavy atom. The predicted molar refractivity (Wildman–Crippen MR) is 66.1 cm³/mol. The summed E-state index contributed by atoms with van der Waals surface area (Å²) in [5.74, 6) is -1.83. The van der Waals surface area contributed by atoms with Crippen molar-refractivity contribution < 1.29 is 22.8 Å². The summed E-state index contributed by atoms with van der Waals surface area (Å²) in [7, 11) is 1.74. The Balaban J connectivity index is 1.78. The molecule has 9 heteroatoms. The molecule has 3 amide bonds. The average molecular weight is 306 g/mol. The topological polar surface area (TPSA) is 73.5 Å². The van der Waals surface area contributed by atoms with E-state index in [4.69, 9.17) is 0 Å². The Labute approximate surface area is 119 Å². The molecule has 3 N–H and O–H groups in total. The number of likely N-dealkylation sites (N-methyl/N-ethyl adjacent to an activating group) is 1. The van der Waals surface area contributed by atoms with Crippen LogP contribution >= 0.6 is 0 Å². The highest BCUT2D eigenvalue weighted by molar-refractivity contribution is 6.00.